The van der Waals surface area contributed by atoms with Crippen molar-refractivity contribution >= 4 is 22.6 Å². The van der Waals surface area contributed by atoms with Crippen LogP contribution in [0, 0.1) is 0 Å². The van der Waals surface area contributed by atoms with Gasteiger partial charge < -0.3 is 18.9 Å². The first-order valence-corrected chi connectivity index (χ1v) is 15.9. The van der Waals surface area contributed by atoms with Crippen LogP contribution in [0.5, 0.6) is 5.75 Å². The van der Waals surface area contributed by atoms with Gasteiger partial charge in [0.1, 0.15) is 5.75 Å². The van der Waals surface area contributed by atoms with Crippen molar-refractivity contribution in [3.63, 3.8) is 0 Å². The first-order valence-electron chi connectivity index (χ1n) is 15.9. The Hall–Kier alpha value is -4.58. The fraction of sp³-hybridized carbons (Fsp3) is 0.316. The zero-order valence-corrected chi connectivity index (χ0v) is 26.2. The standard InChI is InChI=1S/C38H41N3O3/c1-5-8-24-41(25-9-6-2)28-21-22-30(33(26-28)43-7-3)38(31-19-15-23-39-35(31)37(42)44-38)34-29-18-13-14-20-32(29)40(4)36(34)27-16-11-10-12-17-27/h10-23,26H,5-9,24-25H2,1-4H3. The van der Waals surface area contributed by atoms with Crippen molar-refractivity contribution in [2.75, 3.05) is 24.6 Å². The molecule has 0 N–H and O–H groups in total. The van der Waals surface area contributed by atoms with E-state index < -0.39 is 11.6 Å². The molecule has 2 aromatic heterocycles. The lowest BCUT2D eigenvalue weighted by Gasteiger charge is -2.33. The second kappa shape index (κ2) is 12.6. The molecule has 0 fully saturated rings. The van der Waals surface area contributed by atoms with Crippen LogP contribution in [0.2, 0.25) is 0 Å². The van der Waals surface area contributed by atoms with Gasteiger partial charge in [-0.1, -0.05) is 81.3 Å². The molecular weight excluding hydrogens is 546 g/mol. The molecular formula is C38H41N3O3. The summed E-state index contributed by atoms with van der Waals surface area (Å²) in [5.41, 5.74) is 5.66. The molecule has 6 rings (SSSR count). The third kappa shape index (κ3) is 4.92. The fourth-order valence-electron chi connectivity index (χ4n) is 6.64. The van der Waals surface area contributed by atoms with Gasteiger partial charge in [0.05, 0.1) is 12.3 Å². The molecule has 1 aliphatic rings. The minimum atomic E-state index is -1.28. The molecule has 0 spiro atoms. The number of cyclic esters (lactones) is 1. The zero-order valence-electron chi connectivity index (χ0n) is 26.2. The summed E-state index contributed by atoms with van der Waals surface area (Å²) in [5, 5.41) is 1.01. The Morgan fingerprint density at radius 2 is 1.59 bits per heavy atom. The molecule has 1 aliphatic heterocycles. The van der Waals surface area contributed by atoms with Crippen LogP contribution in [0.4, 0.5) is 5.69 Å². The predicted octanol–water partition coefficient (Wildman–Crippen LogP) is 8.51. The lowest BCUT2D eigenvalue weighted by molar-refractivity contribution is 0.0247. The van der Waals surface area contributed by atoms with Crippen LogP contribution in [0.3, 0.4) is 0 Å². The van der Waals surface area contributed by atoms with E-state index in [-0.39, 0.29) is 0 Å². The van der Waals surface area contributed by atoms with Crippen molar-refractivity contribution in [3.05, 3.63) is 114 Å². The summed E-state index contributed by atoms with van der Waals surface area (Å²) in [6.07, 6.45) is 6.15. The maximum absolute atomic E-state index is 13.8. The van der Waals surface area contributed by atoms with E-state index >= 15 is 0 Å². The summed E-state index contributed by atoms with van der Waals surface area (Å²) in [4.78, 5) is 20.7. The number of anilines is 1. The zero-order chi connectivity index (χ0) is 30.7. The Morgan fingerprint density at radius 1 is 0.864 bits per heavy atom. The molecule has 0 aliphatic carbocycles. The number of hydrogen-bond acceptors (Lipinski definition) is 5. The summed E-state index contributed by atoms with van der Waals surface area (Å²) < 4.78 is 15.4. The molecule has 6 nitrogen and oxygen atoms in total. The third-order valence-corrected chi connectivity index (χ3v) is 8.71. The fourth-order valence-corrected chi connectivity index (χ4v) is 6.64. The first-order chi connectivity index (χ1) is 21.5. The summed E-state index contributed by atoms with van der Waals surface area (Å²) in [6.45, 7) is 8.89. The number of unbranched alkanes of at least 4 members (excludes halogenated alkanes) is 2. The topological polar surface area (TPSA) is 56.6 Å². The average molecular weight is 588 g/mol. The second-order valence-corrected chi connectivity index (χ2v) is 11.4. The summed E-state index contributed by atoms with van der Waals surface area (Å²) in [7, 11) is 2.08. The van der Waals surface area contributed by atoms with Gasteiger partial charge in [-0.25, -0.2) is 9.78 Å². The average Bonchev–Trinajstić information content (AvgIpc) is 3.53. The SMILES string of the molecule is CCCCN(CCCC)c1ccc(C2(c3c(-c4ccccc4)n(C)c4ccccc34)OC(=O)c3ncccc32)c(OCC)c1. The number of carbonyl (C=O) groups is 1. The first kappa shape index (κ1) is 29.5. The van der Waals surface area contributed by atoms with Crippen LogP contribution in [0.15, 0.2) is 91.1 Å². The van der Waals surface area contributed by atoms with Crippen LogP contribution >= 0.6 is 0 Å². The highest BCUT2D eigenvalue weighted by Gasteiger charge is 2.53. The molecule has 0 saturated carbocycles. The Morgan fingerprint density at radius 3 is 2.32 bits per heavy atom. The van der Waals surface area contributed by atoms with Gasteiger partial charge >= 0.3 is 5.97 Å². The molecule has 3 heterocycles. The molecule has 0 bridgehead atoms. The molecule has 0 saturated heterocycles. The van der Waals surface area contributed by atoms with Gasteiger partial charge in [-0.3, -0.25) is 0 Å². The van der Waals surface area contributed by atoms with Gasteiger partial charge in [-0.15, -0.1) is 0 Å². The van der Waals surface area contributed by atoms with Crippen LogP contribution in [0.25, 0.3) is 22.2 Å². The number of ether oxygens (including phenoxy) is 2. The van der Waals surface area contributed by atoms with E-state index in [4.69, 9.17) is 9.47 Å². The number of esters is 1. The van der Waals surface area contributed by atoms with Crippen molar-refractivity contribution in [3.8, 4) is 17.0 Å². The number of benzene rings is 3. The van der Waals surface area contributed by atoms with E-state index in [1.807, 2.05) is 49.4 Å². The van der Waals surface area contributed by atoms with Gasteiger partial charge in [0.2, 0.25) is 0 Å². The van der Waals surface area contributed by atoms with Gasteiger partial charge in [-0.05, 0) is 49.6 Å². The van der Waals surface area contributed by atoms with Gasteiger partial charge in [-0.2, -0.15) is 0 Å². The van der Waals surface area contributed by atoms with Crippen molar-refractivity contribution in [1.82, 2.24) is 9.55 Å². The van der Waals surface area contributed by atoms with E-state index in [1.54, 1.807) is 6.20 Å². The van der Waals surface area contributed by atoms with Crippen LogP contribution in [-0.2, 0) is 17.4 Å². The Balaban J connectivity index is 1.68. The summed E-state index contributed by atoms with van der Waals surface area (Å²) >= 11 is 0. The normalized spacial score (nSPS) is 15.8. The predicted molar refractivity (Wildman–Crippen MR) is 178 cm³/mol. The number of aryl methyl sites for hydroxylation is 1. The number of aromatic nitrogens is 2. The maximum Gasteiger partial charge on any atom is 0.358 e. The van der Waals surface area contributed by atoms with Gasteiger partial charge in [0.15, 0.2) is 11.3 Å². The monoisotopic (exact) mass is 587 g/mol. The molecule has 3 aromatic carbocycles. The smallest absolute Gasteiger partial charge is 0.358 e. The molecule has 226 valence electrons. The van der Waals surface area contributed by atoms with E-state index in [2.05, 4.69) is 77.8 Å². The van der Waals surface area contributed by atoms with Crippen molar-refractivity contribution in [2.24, 2.45) is 7.05 Å². The highest BCUT2D eigenvalue weighted by molar-refractivity contribution is 6.00. The van der Waals surface area contributed by atoms with Gasteiger partial charge in [0, 0.05) is 65.7 Å². The Bertz CT molecular complexity index is 1770. The van der Waals surface area contributed by atoms with Gasteiger partial charge in [0.25, 0.3) is 0 Å². The number of nitrogens with zero attached hydrogens (tertiary/aromatic N) is 3. The molecule has 6 heteroatoms. The van der Waals surface area contributed by atoms with Crippen molar-refractivity contribution < 1.29 is 14.3 Å². The molecule has 5 aromatic rings. The van der Waals surface area contributed by atoms with Crippen molar-refractivity contribution in [1.29, 1.82) is 0 Å². The summed E-state index contributed by atoms with van der Waals surface area (Å²) in [5.74, 6) is 0.269. The second-order valence-electron chi connectivity index (χ2n) is 11.4. The lowest BCUT2D eigenvalue weighted by atomic mass is 9.78. The molecule has 44 heavy (non-hydrogen) atoms. The largest absolute Gasteiger partial charge is 0.493 e. The number of pyridine rings is 1. The number of rotatable bonds is 12. The highest BCUT2D eigenvalue weighted by atomic mass is 16.6. The number of carbonyl (C=O) groups excluding carboxylic acids is 1. The van der Waals surface area contributed by atoms with Crippen LogP contribution < -0.4 is 9.64 Å². The minimum Gasteiger partial charge on any atom is -0.493 e. The number of fused-ring (bicyclic) bond motifs is 2. The van der Waals surface area contributed by atoms with Crippen molar-refractivity contribution in [2.45, 2.75) is 52.1 Å². The lowest BCUT2D eigenvalue weighted by Crippen LogP contribution is -2.31. The maximum atomic E-state index is 13.8. The quantitative estimate of drug-likeness (QED) is 0.137. The summed E-state index contributed by atoms with van der Waals surface area (Å²) in [6, 6.07) is 28.9. The molecule has 1 unspecified atom stereocenters. The highest BCUT2D eigenvalue weighted by Crippen LogP contribution is 2.54. The molecule has 1 atom stereocenters. The van der Waals surface area contributed by atoms with Crippen LogP contribution in [0.1, 0.15) is 73.6 Å². The van der Waals surface area contributed by atoms with E-state index in [9.17, 15) is 4.79 Å². The van der Waals surface area contributed by atoms with E-state index in [0.717, 1.165) is 83.3 Å². The third-order valence-electron chi connectivity index (χ3n) is 8.71. The van der Waals surface area contributed by atoms with Crippen LogP contribution in [-0.4, -0.2) is 35.2 Å². The number of para-hydroxylation sites is 1. The minimum absolute atomic E-state index is 0.332. The molecule has 0 radical (unpaired) electrons. The number of hydrogen-bond donors (Lipinski definition) is 0. The molecule has 0 amide bonds. The van der Waals surface area contributed by atoms with E-state index in [1.165, 1.54) is 0 Å². The van der Waals surface area contributed by atoms with E-state index in [0.29, 0.717) is 18.1 Å². The Labute approximate surface area is 260 Å². The Kier molecular flexibility index (Phi) is 8.42.